The molecule has 5 bridgehead atoms. The van der Waals surface area contributed by atoms with Crippen LogP contribution in [0.4, 0.5) is 0 Å². The van der Waals surface area contributed by atoms with Crippen LogP contribution < -0.4 is 0 Å². The van der Waals surface area contributed by atoms with Crippen LogP contribution >= 0.6 is 0 Å². The molecule has 0 aliphatic carbocycles. The number of amides is 3. The second-order valence-corrected chi connectivity index (χ2v) is 13.2. The number of nitrogens with zero attached hydrogens (tertiary/aromatic N) is 3. The maximum atomic E-state index is 14.8. The number of fused-ring (bicyclic) bond motifs is 2. The number of unbranched alkanes of at least 4 members (excludes halogenated alkanes) is 1. The van der Waals surface area contributed by atoms with E-state index >= 15 is 0 Å². The first-order valence-electron chi connectivity index (χ1n) is 17.0. The molecule has 2 aromatic rings. The average molecular weight is 656 g/mol. The summed E-state index contributed by atoms with van der Waals surface area (Å²) in [4.78, 5) is 62.1. The van der Waals surface area contributed by atoms with E-state index in [0.29, 0.717) is 24.1 Å². The number of carbonyl (C=O) groups is 4. The average Bonchev–Trinajstić information content (AvgIpc) is 3.75. The summed E-state index contributed by atoms with van der Waals surface area (Å²) in [5, 5.41) is 10.8. The van der Waals surface area contributed by atoms with Gasteiger partial charge in [-0.3, -0.25) is 19.2 Å². The molecule has 0 unspecified atom stereocenters. The van der Waals surface area contributed by atoms with E-state index in [0.717, 1.165) is 12.8 Å². The quantitative estimate of drug-likeness (QED) is 0.355. The van der Waals surface area contributed by atoms with Gasteiger partial charge in [-0.1, -0.05) is 98.3 Å². The van der Waals surface area contributed by atoms with Crippen molar-refractivity contribution in [2.24, 2.45) is 11.8 Å². The van der Waals surface area contributed by atoms with Gasteiger partial charge in [0, 0.05) is 26.6 Å². The third-order valence-electron chi connectivity index (χ3n) is 10.4. The maximum absolute atomic E-state index is 14.8. The highest BCUT2D eigenvalue weighted by Crippen LogP contribution is 2.57. The first-order chi connectivity index (χ1) is 23.2. The van der Waals surface area contributed by atoms with E-state index in [1.807, 2.05) is 86.7 Å². The van der Waals surface area contributed by atoms with Crippen molar-refractivity contribution in [2.45, 2.75) is 75.5 Å². The van der Waals surface area contributed by atoms with Gasteiger partial charge in [0.15, 0.2) is 0 Å². The van der Waals surface area contributed by atoms with E-state index in [9.17, 15) is 24.3 Å². The molecule has 10 nitrogen and oxygen atoms in total. The van der Waals surface area contributed by atoms with Gasteiger partial charge in [-0.25, -0.2) is 0 Å². The van der Waals surface area contributed by atoms with Crippen molar-refractivity contribution >= 4 is 23.7 Å². The van der Waals surface area contributed by atoms with Gasteiger partial charge in [0.05, 0.1) is 30.7 Å². The first-order valence-corrected chi connectivity index (χ1v) is 17.0. The van der Waals surface area contributed by atoms with Gasteiger partial charge in [-0.15, -0.1) is 0 Å². The smallest absolute Gasteiger partial charge is 0.313 e. The van der Waals surface area contributed by atoms with Crippen molar-refractivity contribution in [3.63, 3.8) is 0 Å². The number of likely N-dealkylation sites (tertiary alicyclic amines) is 1. The van der Waals surface area contributed by atoms with Crippen LogP contribution in [0.25, 0.3) is 0 Å². The molecule has 0 aromatic heterocycles. The highest BCUT2D eigenvalue weighted by molar-refractivity contribution is 5.99. The third-order valence-corrected chi connectivity index (χ3v) is 10.4. The van der Waals surface area contributed by atoms with Crippen molar-refractivity contribution in [2.75, 3.05) is 26.7 Å². The Hall–Kier alpha value is -4.28. The van der Waals surface area contributed by atoms with Gasteiger partial charge >= 0.3 is 5.97 Å². The zero-order valence-corrected chi connectivity index (χ0v) is 27.8. The second kappa shape index (κ2) is 14.1. The van der Waals surface area contributed by atoms with Gasteiger partial charge in [0.1, 0.15) is 23.7 Å². The Kier molecular flexibility index (Phi) is 9.85. The lowest BCUT2D eigenvalue weighted by Gasteiger charge is -2.39. The maximum Gasteiger partial charge on any atom is 0.313 e. The van der Waals surface area contributed by atoms with Crippen LogP contribution in [0.1, 0.15) is 62.8 Å². The predicted molar refractivity (Wildman–Crippen MR) is 178 cm³/mol. The minimum Gasteiger partial charge on any atom is -0.455 e. The minimum absolute atomic E-state index is 0.0988. The molecule has 0 saturated carbocycles. The number of allylic oxidation sites excluding steroid dienone is 1. The van der Waals surface area contributed by atoms with Crippen LogP contribution in [0.2, 0.25) is 0 Å². The molecule has 3 amide bonds. The number of likely N-dealkylation sites (N-methyl/N-ethyl adjacent to an activating group) is 1. The summed E-state index contributed by atoms with van der Waals surface area (Å²) in [7, 11) is 1.71. The fraction of sp³-hybridized carbons (Fsp3) is 0.474. The number of aliphatic hydroxyl groups excluding tert-OH is 1. The van der Waals surface area contributed by atoms with Gasteiger partial charge in [-0.2, -0.15) is 0 Å². The number of esters is 1. The molecule has 8 atom stereocenters. The molecule has 2 aromatic carbocycles. The molecule has 4 aliphatic heterocycles. The Balaban J connectivity index is 1.47. The second-order valence-electron chi connectivity index (χ2n) is 13.2. The van der Waals surface area contributed by atoms with Crippen molar-refractivity contribution in [3.8, 4) is 0 Å². The summed E-state index contributed by atoms with van der Waals surface area (Å²) in [5.41, 5.74) is -0.0328. The number of carbonyl (C=O) groups excluding carboxylic acids is 4. The fourth-order valence-corrected chi connectivity index (χ4v) is 7.76. The number of ether oxygens (including phenoxy) is 2. The van der Waals surface area contributed by atoms with E-state index < -0.39 is 66.3 Å². The molecule has 4 aliphatic rings. The van der Waals surface area contributed by atoms with Crippen molar-refractivity contribution in [1.82, 2.24) is 14.7 Å². The molecule has 0 radical (unpaired) electrons. The Labute approximate surface area is 282 Å². The molecule has 1 spiro atoms. The molecular formula is C38H45N3O7. The topological polar surface area (TPSA) is 117 Å². The monoisotopic (exact) mass is 655 g/mol. The van der Waals surface area contributed by atoms with Crippen LogP contribution in [-0.2, 0) is 28.7 Å². The number of rotatable bonds is 7. The Morgan fingerprint density at radius 1 is 0.979 bits per heavy atom. The number of hydrogen-bond donors (Lipinski definition) is 1. The van der Waals surface area contributed by atoms with Crippen molar-refractivity contribution < 1.29 is 33.8 Å². The zero-order chi connectivity index (χ0) is 34.0. The lowest BCUT2D eigenvalue weighted by Crippen LogP contribution is -2.56. The standard InChI is InChI=1S/C38H45N3O7/c1-4-5-22-40-23-14-8-13-19-30(43)39(3)25(2)33(27-17-11-7-12-18-27)47-37(46)31-29-20-21-38(48-29)32(31)35(44)41(34(38)36(40)45)28(24-42)26-15-9-6-10-16-26/h6-12,14-18,20-21,25,28-29,31-34,42H,4-5,13,19,22-24H2,1-3H3/b14-8-/t25-,28+,29+,31-,32-,33+,34+,38-/m0/s1. The Bertz CT molecular complexity index is 1560. The number of cyclic esters (lactones) is 1. The predicted octanol–water partition coefficient (Wildman–Crippen LogP) is 3.98. The largest absolute Gasteiger partial charge is 0.455 e. The molecule has 10 heteroatoms. The molecule has 254 valence electrons. The van der Waals surface area contributed by atoms with Gasteiger partial charge in [0.25, 0.3) is 0 Å². The number of hydrogen-bond acceptors (Lipinski definition) is 7. The lowest BCUT2D eigenvalue weighted by atomic mass is 9.74. The van der Waals surface area contributed by atoms with Crippen LogP contribution in [0, 0.1) is 11.8 Å². The van der Waals surface area contributed by atoms with Gasteiger partial charge in [-0.05, 0) is 30.9 Å². The molecule has 2 saturated heterocycles. The highest BCUT2D eigenvalue weighted by atomic mass is 16.6. The van der Waals surface area contributed by atoms with Gasteiger partial charge < -0.3 is 29.3 Å². The van der Waals surface area contributed by atoms with E-state index in [1.165, 1.54) is 4.90 Å². The van der Waals surface area contributed by atoms with E-state index in [4.69, 9.17) is 9.47 Å². The normalized spacial score (nSPS) is 32.0. The molecular weight excluding hydrogens is 610 g/mol. The molecule has 4 heterocycles. The first kappa shape index (κ1) is 33.6. The molecule has 6 rings (SSSR count). The van der Waals surface area contributed by atoms with Crippen LogP contribution in [0.15, 0.2) is 85.0 Å². The van der Waals surface area contributed by atoms with Crippen LogP contribution in [0.5, 0.6) is 0 Å². The highest BCUT2D eigenvalue weighted by Gasteiger charge is 2.74. The summed E-state index contributed by atoms with van der Waals surface area (Å²) < 4.78 is 12.9. The van der Waals surface area contributed by atoms with Crippen molar-refractivity contribution in [1.29, 1.82) is 0 Å². The number of aliphatic hydroxyl groups is 1. The summed E-state index contributed by atoms with van der Waals surface area (Å²) in [6.45, 7) is 4.20. The van der Waals surface area contributed by atoms with Crippen LogP contribution in [0.3, 0.4) is 0 Å². The number of benzene rings is 2. The Morgan fingerprint density at radius 2 is 1.69 bits per heavy atom. The summed E-state index contributed by atoms with van der Waals surface area (Å²) in [6, 6.07) is 15.9. The van der Waals surface area contributed by atoms with Crippen molar-refractivity contribution in [3.05, 3.63) is 96.1 Å². The zero-order valence-electron chi connectivity index (χ0n) is 27.8. The molecule has 48 heavy (non-hydrogen) atoms. The van der Waals surface area contributed by atoms with Crippen LogP contribution in [-0.4, -0.2) is 94.0 Å². The fourth-order valence-electron chi connectivity index (χ4n) is 7.76. The molecule has 1 N–H and O–H groups in total. The van der Waals surface area contributed by atoms with Gasteiger partial charge in [0.2, 0.25) is 17.7 Å². The summed E-state index contributed by atoms with van der Waals surface area (Å²) in [6.07, 6.45) is 8.06. The third kappa shape index (κ3) is 5.85. The van der Waals surface area contributed by atoms with E-state index in [1.54, 1.807) is 29.0 Å². The van der Waals surface area contributed by atoms with E-state index in [-0.39, 0.29) is 24.8 Å². The SMILES string of the molecule is CCCCN1C/C=C\CCC(=O)N(C)[C@@H](C)[C@H](c2ccccc2)OC(=O)[C@@H]2[C@H]3C(=O)N([C@H](CO)c4ccccc4)[C@H](C1=O)[C@]31C=C[C@H]2O1. The lowest BCUT2D eigenvalue weighted by molar-refractivity contribution is -0.164. The Morgan fingerprint density at radius 3 is 2.38 bits per heavy atom. The van der Waals surface area contributed by atoms with E-state index in [2.05, 4.69) is 0 Å². The molecule has 2 fully saturated rings. The summed E-state index contributed by atoms with van der Waals surface area (Å²) in [5.74, 6) is -3.55. The minimum atomic E-state index is -1.42. The summed E-state index contributed by atoms with van der Waals surface area (Å²) >= 11 is 0.